The van der Waals surface area contributed by atoms with E-state index in [0.29, 0.717) is 5.69 Å². The van der Waals surface area contributed by atoms with E-state index >= 15 is 0 Å². The standard InChI is InChI=1S/C23H26F2N4O2/c1-27-7-9-28(10-8-27)14-16-3-2-4-19(11-16)26-23(31)17-12-22(30)29(15-17)21-6-5-18(24)13-20(21)25/h2-6,11,13,17H,7-10,12,14-15H2,1H3,(H,26,31). The van der Waals surface area contributed by atoms with Crippen LogP contribution in [0, 0.1) is 17.6 Å². The van der Waals surface area contributed by atoms with E-state index in [1.807, 2.05) is 24.3 Å². The second-order valence-corrected chi connectivity index (χ2v) is 8.27. The first-order valence-electron chi connectivity index (χ1n) is 10.4. The quantitative estimate of drug-likeness (QED) is 0.796. The van der Waals surface area contributed by atoms with Gasteiger partial charge in [-0.05, 0) is 36.9 Å². The lowest BCUT2D eigenvalue weighted by atomic mass is 10.1. The molecule has 6 nitrogen and oxygen atoms in total. The third-order valence-corrected chi connectivity index (χ3v) is 5.89. The molecule has 2 fully saturated rings. The molecule has 0 aliphatic carbocycles. The van der Waals surface area contributed by atoms with Crippen molar-refractivity contribution in [3.8, 4) is 0 Å². The number of anilines is 2. The molecule has 0 saturated carbocycles. The molecule has 2 saturated heterocycles. The topological polar surface area (TPSA) is 55.9 Å². The fraction of sp³-hybridized carbons (Fsp3) is 0.391. The normalized spacial score (nSPS) is 20.3. The van der Waals surface area contributed by atoms with Crippen molar-refractivity contribution in [3.05, 3.63) is 59.7 Å². The van der Waals surface area contributed by atoms with Crippen LogP contribution < -0.4 is 10.2 Å². The zero-order valence-electron chi connectivity index (χ0n) is 17.5. The minimum absolute atomic E-state index is 0.00382. The van der Waals surface area contributed by atoms with Crippen LogP contribution in [0.5, 0.6) is 0 Å². The Bertz CT molecular complexity index is 976. The SMILES string of the molecule is CN1CCN(Cc2cccc(NC(=O)C3CC(=O)N(c4ccc(F)cc4F)C3)c2)CC1. The summed E-state index contributed by atoms with van der Waals surface area (Å²) in [5.41, 5.74) is 1.78. The summed E-state index contributed by atoms with van der Waals surface area (Å²) in [6.07, 6.45) is -0.0103. The molecule has 1 unspecified atom stereocenters. The van der Waals surface area contributed by atoms with E-state index in [1.54, 1.807) is 0 Å². The summed E-state index contributed by atoms with van der Waals surface area (Å²) in [4.78, 5) is 31.0. The third-order valence-electron chi connectivity index (χ3n) is 5.89. The van der Waals surface area contributed by atoms with Crippen LogP contribution in [-0.4, -0.2) is 61.4 Å². The number of carbonyl (C=O) groups excluding carboxylic acids is 2. The molecular formula is C23H26F2N4O2. The number of hydrogen-bond donors (Lipinski definition) is 1. The summed E-state index contributed by atoms with van der Waals surface area (Å²) in [7, 11) is 2.12. The maximum atomic E-state index is 14.1. The number of rotatable bonds is 5. The molecule has 0 spiro atoms. The zero-order valence-corrected chi connectivity index (χ0v) is 17.5. The van der Waals surface area contributed by atoms with E-state index < -0.39 is 17.6 Å². The number of likely N-dealkylation sites (N-methyl/N-ethyl adjacent to an activating group) is 1. The van der Waals surface area contributed by atoms with Gasteiger partial charge in [0.15, 0.2) is 0 Å². The van der Waals surface area contributed by atoms with Gasteiger partial charge >= 0.3 is 0 Å². The lowest BCUT2D eigenvalue weighted by Gasteiger charge is -2.32. The number of nitrogens with one attached hydrogen (secondary N) is 1. The number of benzene rings is 2. The van der Waals surface area contributed by atoms with Crippen LogP contribution in [0.15, 0.2) is 42.5 Å². The van der Waals surface area contributed by atoms with Crippen LogP contribution in [-0.2, 0) is 16.1 Å². The minimum atomic E-state index is -0.814. The van der Waals surface area contributed by atoms with Gasteiger partial charge in [-0.15, -0.1) is 0 Å². The molecule has 1 atom stereocenters. The predicted octanol–water partition coefficient (Wildman–Crippen LogP) is 2.70. The van der Waals surface area contributed by atoms with Crippen molar-refractivity contribution in [2.24, 2.45) is 5.92 Å². The summed E-state index contributed by atoms with van der Waals surface area (Å²) in [6, 6.07) is 10.8. The molecule has 2 heterocycles. The summed E-state index contributed by atoms with van der Waals surface area (Å²) in [6.45, 7) is 4.97. The number of carbonyl (C=O) groups is 2. The Kier molecular flexibility index (Phi) is 6.29. The van der Waals surface area contributed by atoms with E-state index in [-0.39, 0.29) is 30.5 Å². The van der Waals surface area contributed by atoms with Gasteiger partial charge in [-0.1, -0.05) is 12.1 Å². The third kappa shape index (κ3) is 5.08. The van der Waals surface area contributed by atoms with Gasteiger partial charge in [0.2, 0.25) is 11.8 Å². The highest BCUT2D eigenvalue weighted by atomic mass is 19.1. The maximum Gasteiger partial charge on any atom is 0.229 e. The molecule has 2 aromatic rings. The molecular weight excluding hydrogens is 402 g/mol. The monoisotopic (exact) mass is 428 g/mol. The van der Waals surface area contributed by atoms with Crippen LogP contribution in [0.1, 0.15) is 12.0 Å². The van der Waals surface area contributed by atoms with Crippen molar-refractivity contribution in [2.45, 2.75) is 13.0 Å². The Morgan fingerprint density at radius 3 is 2.61 bits per heavy atom. The van der Waals surface area contributed by atoms with E-state index in [2.05, 4.69) is 22.2 Å². The lowest BCUT2D eigenvalue weighted by molar-refractivity contribution is -0.122. The molecule has 2 aliphatic rings. The van der Waals surface area contributed by atoms with Crippen LogP contribution in [0.3, 0.4) is 0 Å². The molecule has 2 aliphatic heterocycles. The average Bonchev–Trinajstić information content (AvgIpc) is 3.12. The number of hydrogen-bond acceptors (Lipinski definition) is 4. The Morgan fingerprint density at radius 1 is 1.10 bits per heavy atom. The van der Waals surface area contributed by atoms with Crippen LogP contribution in [0.2, 0.25) is 0 Å². The van der Waals surface area contributed by atoms with Gasteiger partial charge in [-0.2, -0.15) is 0 Å². The molecule has 0 radical (unpaired) electrons. The molecule has 2 amide bonds. The van der Waals surface area contributed by atoms with Gasteiger partial charge in [0.05, 0.1) is 11.6 Å². The maximum absolute atomic E-state index is 14.1. The van der Waals surface area contributed by atoms with Crippen molar-refractivity contribution in [2.75, 3.05) is 50.0 Å². The fourth-order valence-corrected chi connectivity index (χ4v) is 4.07. The average molecular weight is 428 g/mol. The number of nitrogens with zero attached hydrogens (tertiary/aromatic N) is 3. The first-order valence-corrected chi connectivity index (χ1v) is 10.4. The molecule has 164 valence electrons. The van der Waals surface area contributed by atoms with Crippen LogP contribution in [0.25, 0.3) is 0 Å². The molecule has 4 rings (SSSR count). The minimum Gasteiger partial charge on any atom is -0.326 e. The second-order valence-electron chi connectivity index (χ2n) is 8.27. The van der Waals surface area contributed by atoms with E-state index in [9.17, 15) is 18.4 Å². The Balaban J connectivity index is 1.38. The molecule has 31 heavy (non-hydrogen) atoms. The van der Waals surface area contributed by atoms with Crippen molar-refractivity contribution >= 4 is 23.2 Å². The predicted molar refractivity (Wildman–Crippen MR) is 115 cm³/mol. The van der Waals surface area contributed by atoms with Gasteiger partial charge in [0, 0.05) is 57.4 Å². The summed E-state index contributed by atoms with van der Waals surface area (Å²) in [5.74, 6) is -2.76. The smallest absolute Gasteiger partial charge is 0.229 e. The largest absolute Gasteiger partial charge is 0.326 e. The van der Waals surface area contributed by atoms with Gasteiger partial charge in [0.1, 0.15) is 11.6 Å². The van der Waals surface area contributed by atoms with Crippen LogP contribution in [0.4, 0.5) is 20.2 Å². The summed E-state index contributed by atoms with van der Waals surface area (Å²) < 4.78 is 27.2. The first-order chi connectivity index (χ1) is 14.9. The van der Waals surface area contributed by atoms with E-state index in [1.165, 1.54) is 11.0 Å². The van der Waals surface area contributed by atoms with Crippen molar-refractivity contribution in [3.63, 3.8) is 0 Å². The Hall–Kier alpha value is -2.84. The van der Waals surface area contributed by atoms with Crippen molar-refractivity contribution in [1.82, 2.24) is 9.80 Å². The fourth-order valence-electron chi connectivity index (χ4n) is 4.07. The zero-order chi connectivity index (χ0) is 22.0. The molecule has 0 aromatic heterocycles. The number of piperazine rings is 1. The van der Waals surface area contributed by atoms with Gasteiger partial charge in [-0.25, -0.2) is 8.78 Å². The van der Waals surface area contributed by atoms with Crippen LogP contribution >= 0.6 is 0 Å². The highest BCUT2D eigenvalue weighted by Crippen LogP contribution is 2.28. The lowest BCUT2D eigenvalue weighted by Crippen LogP contribution is -2.43. The van der Waals surface area contributed by atoms with Gasteiger partial charge in [0.25, 0.3) is 0 Å². The van der Waals surface area contributed by atoms with Gasteiger partial charge in [-0.3, -0.25) is 14.5 Å². The van der Waals surface area contributed by atoms with Gasteiger partial charge < -0.3 is 15.1 Å². The summed E-state index contributed by atoms with van der Waals surface area (Å²) in [5, 5.41) is 2.89. The Morgan fingerprint density at radius 2 is 1.87 bits per heavy atom. The number of amides is 2. The molecule has 1 N–H and O–H groups in total. The van der Waals surface area contributed by atoms with E-state index in [4.69, 9.17) is 0 Å². The number of halogens is 2. The first kappa shape index (κ1) is 21.4. The molecule has 0 bridgehead atoms. The second kappa shape index (κ2) is 9.11. The Labute approximate surface area is 180 Å². The molecule has 8 heteroatoms. The highest BCUT2D eigenvalue weighted by molar-refractivity contribution is 6.03. The summed E-state index contributed by atoms with van der Waals surface area (Å²) >= 11 is 0. The van der Waals surface area contributed by atoms with E-state index in [0.717, 1.165) is 50.4 Å². The van der Waals surface area contributed by atoms with Crippen molar-refractivity contribution < 1.29 is 18.4 Å². The highest BCUT2D eigenvalue weighted by Gasteiger charge is 2.36. The van der Waals surface area contributed by atoms with Crippen molar-refractivity contribution in [1.29, 1.82) is 0 Å². The molecule has 2 aromatic carbocycles.